The van der Waals surface area contributed by atoms with Crippen molar-refractivity contribution < 1.29 is 28.3 Å². The van der Waals surface area contributed by atoms with E-state index in [1.165, 1.54) is 12.1 Å². The lowest BCUT2D eigenvalue weighted by molar-refractivity contribution is -0.766. The molecule has 2 saturated heterocycles. The number of ether oxygens (including phenoxy) is 1. The van der Waals surface area contributed by atoms with Crippen molar-refractivity contribution >= 4 is 17.5 Å². The number of anilines is 1. The molecule has 0 spiro atoms. The fraction of sp³-hybridized carbons (Fsp3) is 0.636. The molecule has 2 aliphatic heterocycles. The third-order valence-electron chi connectivity index (χ3n) is 5.61. The molecule has 2 aliphatic rings. The molecule has 1 N–H and O–H groups in total. The Kier molecular flexibility index (Phi) is 7.50. The lowest BCUT2D eigenvalue weighted by atomic mass is 10.1. The number of amides is 1. The smallest absolute Gasteiger partial charge is 0.410 e. The summed E-state index contributed by atoms with van der Waals surface area (Å²) in [6.45, 7) is 7.92. The Labute approximate surface area is 176 Å². The molecule has 1 amide bonds. The number of likely N-dealkylation sites (tertiary alicyclic amines) is 1. The van der Waals surface area contributed by atoms with Crippen LogP contribution in [0.15, 0.2) is 12.1 Å². The topological polar surface area (TPSA) is 56.0 Å². The van der Waals surface area contributed by atoms with E-state index in [-0.39, 0.29) is 29.9 Å². The molecule has 0 atom stereocenters. The molecule has 1 aromatic carbocycles. The van der Waals surface area contributed by atoms with Crippen molar-refractivity contribution in [2.24, 2.45) is 0 Å². The van der Waals surface area contributed by atoms with Crippen LogP contribution in [0.25, 0.3) is 0 Å². The first-order valence-corrected chi connectivity index (χ1v) is 10.8. The van der Waals surface area contributed by atoms with E-state index in [1.807, 2.05) is 25.7 Å². The van der Waals surface area contributed by atoms with Gasteiger partial charge in [0.1, 0.15) is 11.6 Å². The number of nitrogens with one attached hydrogen (secondary N) is 1. The van der Waals surface area contributed by atoms with Crippen LogP contribution in [-0.4, -0.2) is 55.1 Å². The predicted molar refractivity (Wildman–Crippen MR) is 110 cm³/mol. The molecule has 0 saturated carbocycles. The van der Waals surface area contributed by atoms with Crippen LogP contribution in [-0.2, 0) is 16.0 Å². The second-order valence-electron chi connectivity index (χ2n) is 8.18. The number of hydrogen-bond acceptors (Lipinski definition) is 4. The number of carbonyl (C=O) groups excluding carboxylic acids is 1. The Hall–Kier alpha value is -2.38. The maximum Gasteiger partial charge on any atom is 0.410 e. The average molecular weight is 425 g/mol. The van der Waals surface area contributed by atoms with Gasteiger partial charge < -0.3 is 14.5 Å². The lowest BCUT2D eigenvalue weighted by Crippen LogP contribution is -2.75. The number of rotatable bonds is 5. The maximum atomic E-state index is 14.4. The highest BCUT2D eigenvalue weighted by molar-refractivity contribution is 5.81. The first kappa shape index (κ1) is 22.3. The molecule has 0 radical (unpaired) electrons. The summed E-state index contributed by atoms with van der Waals surface area (Å²) in [6, 6.07) is 2.61. The molecule has 0 aliphatic carbocycles. The molecule has 0 bridgehead atoms. The fourth-order valence-corrected chi connectivity index (χ4v) is 3.81. The molecule has 30 heavy (non-hydrogen) atoms. The van der Waals surface area contributed by atoms with Crippen molar-refractivity contribution in [3.8, 4) is 0 Å². The minimum atomic E-state index is -0.372. The molecule has 6 nitrogen and oxygen atoms in total. The van der Waals surface area contributed by atoms with Crippen LogP contribution in [0.2, 0.25) is 0 Å². The largest absolute Gasteiger partial charge is 0.447 e. The molecule has 0 aromatic heterocycles. The summed E-state index contributed by atoms with van der Waals surface area (Å²) in [5.74, 6) is -0.725. The van der Waals surface area contributed by atoms with E-state index in [4.69, 9.17) is 9.57 Å². The fourth-order valence-electron chi connectivity index (χ4n) is 3.81. The van der Waals surface area contributed by atoms with Crippen molar-refractivity contribution in [3.05, 3.63) is 29.3 Å². The van der Waals surface area contributed by atoms with Gasteiger partial charge in [0.25, 0.3) is 0 Å². The zero-order chi connectivity index (χ0) is 21.7. The summed E-state index contributed by atoms with van der Waals surface area (Å²) in [4.78, 5) is 21.4. The lowest BCUT2D eigenvalue weighted by Gasteiger charge is -2.30. The summed E-state index contributed by atoms with van der Waals surface area (Å²) in [6.07, 6.45) is 3.01. The number of aryl methyl sites for hydroxylation is 1. The molecule has 2 fully saturated rings. The quantitative estimate of drug-likeness (QED) is 0.739. The van der Waals surface area contributed by atoms with Crippen LogP contribution in [0.4, 0.5) is 19.3 Å². The SMILES string of the molecule is CCc1cc(F)c(N2CCC(=[NH+]OC3CCN(C(=O)OC(C)C)CC3)CC2)cc1F. The number of halogens is 2. The summed E-state index contributed by atoms with van der Waals surface area (Å²) < 4.78 is 33.6. The van der Waals surface area contributed by atoms with E-state index >= 15 is 0 Å². The maximum absolute atomic E-state index is 14.4. The Morgan fingerprint density at radius 1 is 1.13 bits per heavy atom. The van der Waals surface area contributed by atoms with Crippen LogP contribution in [0.3, 0.4) is 0 Å². The van der Waals surface area contributed by atoms with Crippen LogP contribution >= 0.6 is 0 Å². The second-order valence-corrected chi connectivity index (χ2v) is 8.18. The molecule has 166 valence electrons. The molecule has 3 rings (SSSR count). The number of piperidine rings is 2. The van der Waals surface area contributed by atoms with Crippen molar-refractivity contribution in [1.29, 1.82) is 0 Å². The van der Waals surface area contributed by atoms with Crippen molar-refractivity contribution in [1.82, 2.24) is 4.90 Å². The van der Waals surface area contributed by atoms with E-state index in [1.54, 1.807) is 4.90 Å². The zero-order valence-corrected chi connectivity index (χ0v) is 18.0. The molecule has 2 heterocycles. The number of hydrogen-bond donors (Lipinski definition) is 1. The van der Waals surface area contributed by atoms with Crippen LogP contribution in [0, 0.1) is 11.6 Å². The monoisotopic (exact) mass is 424 g/mol. The first-order valence-electron chi connectivity index (χ1n) is 10.8. The molecule has 0 unspecified atom stereocenters. The Morgan fingerprint density at radius 2 is 1.80 bits per heavy atom. The zero-order valence-electron chi connectivity index (χ0n) is 18.0. The van der Waals surface area contributed by atoms with Gasteiger partial charge in [0.2, 0.25) is 5.71 Å². The third kappa shape index (κ3) is 5.61. The summed E-state index contributed by atoms with van der Waals surface area (Å²) >= 11 is 0. The van der Waals surface area contributed by atoms with Crippen molar-refractivity contribution in [3.63, 3.8) is 0 Å². The van der Waals surface area contributed by atoms with E-state index in [9.17, 15) is 13.6 Å². The summed E-state index contributed by atoms with van der Waals surface area (Å²) in [5, 5.41) is 3.07. The van der Waals surface area contributed by atoms with Crippen LogP contribution in [0.1, 0.15) is 52.0 Å². The Balaban J connectivity index is 1.46. The van der Waals surface area contributed by atoms with Gasteiger partial charge in [-0.05, 0) is 37.1 Å². The van der Waals surface area contributed by atoms with Gasteiger partial charge in [-0.1, -0.05) is 6.92 Å². The standard InChI is InChI=1S/C22H31F2N3O3/c1-4-16-13-20(24)21(14-19(16)23)26-9-5-17(6-10-26)25-30-18-7-11-27(12-8-18)22(28)29-15(2)3/h13-15,18H,4-12H2,1-3H3/p+1. The van der Waals surface area contributed by atoms with Gasteiger partial charge in [-0.3, -0.25) is 4.84 Å². The van der Waals surface area contributed by atoms with Gasteiger partial charge in [0.15, 0.2) is 6.10 Å². The summed E-state index contributed by atoms with van der Waals surface area (Å²) in [5.41, 5.74) is 1.78. The average Bonchev–Trinajstić information content (AvgIpc) is 2.74. The van der Waals surface area contributed by atoms with Crippen molar-refractivity contribution in [2.45, 2.75) is 65.1 Å². The van der Waals surface area contributed by atoms with Gasteiger partial charge in [0.05, 0.1) is 11.8 Å². The highest BCUT2D eigenvalue weighted by Gasteiger charge is 2.28. The Bertz CT molecular complexity index is 767. The minimum absolute atomic E-state index is 0.0340. The van der Waals surface area contributed by atoms with E-state index < -0.39 is 0 Å². The molecular weight excluding hydrogens is 392 g/mol. The molecule has 8 heteroatoms. The number of carbonyl (C=O) groups is 1. The Morgan fingerprint density at radius 3 is 2.40 bits per heavy atom. The highest BCUT2D eigenvalue weighted by Crippen LogP contribution is 2.25. The number of benzene rings is 1. The first-order chi connectivity index (χ1) is 14.4. The number of nitrogens with zero attached hydrogens (tertiary/aromatic N) is 2. The predicted octanol–water partition coefficient (Wildman–Crippen LogP) is 2.59. The van der Waals surface area contributed by atoms with Gasteiger partial charge in [-0.25, -0.2) is 13.6 Å². The second kappa shape index (κ2) is 10.1. The van der Waals surface area contributed by atoms with E-state index in [0.717, 1.165) is 18.6 Å². The van der Waals surface area contributed by atoms with Crippen molar-refractivity contribution in [2.75, 3.05) is 31.1 Å². The van der Waals surface area contributed by atoms with Gasteiger partial charge in [-0.15, -0.1) is 0 Å². The van der Waals surface area contributed by atoms with Crippen LogP contribution < -0.4 is 10.1 Å². The highest BCUT2D eigenvalue weighted by atomic mass is 19.1. The van der Waals surface area contributed by atoms with E-state index in [0.29, 0.717) is 56.7 Å². The van der Waals surface area contributed by atoms with Gasteiger partial charge in [0, 0.05) is 57.9 Å². The van der Waals surface area contributed by atoms with Gasteiger partial charge >= 0.3 is 6.09 Å². The minimum Gasteiger partial charge on any atom is -0.447 e. The van der Waals surface area contributed by atoms with Crippen LogP contribution in [0.5, 0.6) is 0 Å². The van der Waals surface area contributed by atoms with Gasteiger partial charge in [-0.2, -0.15) is 0 Å². The molecular formula is C22H32F2N3O3+. The molecule has 1 aromatic rings. The third-order valence-corrected chi connectivity index (χ3v) is 5.61. The van der Waals surface area contributed by atoms with E-state index in [2.05, 4.69) is 5.16 Å². The summed E-state index contributed by atoms with van der Waals surface area (Å²) in [7, 11) is 0. The normalized spacial score (nSPS) is 18.0.